The largest absolute Gasteiger partial charge is 0.388 e. The first-order chi connectivity index (χ1) is 17.0. The quantitative estimate of drug-likeness (QED) is 0.254. The van der Waals surface area contributed by atoms with Crippen molar-refractivity contribution in [2.75, 3.05) is 12.4 Å². The number of carbonyl (C=O) groups is 1. The molecule has 0 aliphatic carbocycles. The number of fused-ring (bicyclic) bond motifs is 1. The minimum Gasteiger partial charge on any atom is -0.388 e. The maximum Gasteiger partial charge on any atom is 0.239 e. The number of carbonyl (C=O) groups excluding carboxylic acids is 1. The molecule has 5 N–H and O–H groups in total. The number of nitrogens with zero attached hydrogens (tertiary/aromatic N) is 6. The van der Waals surface area contributed by atoms with Crippen LogP contribution in [0.25, 0.3) is 22.6 Å². The summed E-state index contributed by atoms with van der Waals surface area (Å²) in [6.07, 6.45) is 2.80. The Hall–Kier alpha value is -3.71. The summed E-state index contributed by atoms with van der Waals surface area (Å²) in [6.45, 7) is 0.384. The third-order valence-electron chi connectivity index (χ3n) is 5.74. The van der Waals surface area contributed by atoms with Gasteiger partial charge in [-0.05, 0) is 18.2 Å². The van der Waals surface area contributed by atoms with E-state index in [2.05, 4.69) is 40.9 Å². The first-order valence-electron chi connectivity index (χ1n) is 10.8. The third-order valence-corrected chi connectivity index (χ3v) is 5.95. The molecule has 4 atom stereocenters. The lowest BCUT2D eigenvalue weighted by Crippen LogP contribution is -2.45. The van der Waals surface area contributed by atoms with Crippen molar-refractivity contribution in [3.63, 3.8) is 0 Å². The van der Waals surface area contributed by atoms with E-state index in [9.17, 15) is 15.0 Å². The average molecular weight is 496 g/mol. The fraction of sp³-hybridized carbons (Fsp3) is 0.273. The van der Waals surface area contributed by atoms with Crippen molar-refractivity contribution in [3.05, 3.63) is 59.9 Å². The van der Waals surface area contributed by atoms with Gasteiger partial charge in [-0.2, -0.15) is 0 Å². The van der Waals surface area contributed by atoms with E-state index in [0.717, 1.165) is 5.69 Å². The van der Waals surface area contributed by atoms with Gasteiger partial charge in [-0.15, -0.1) is 0 Å². The number of hydrogen-bond donors (Lipinski definition) is 5. The highest BCUT2D eigenvalue weighted by molar-refractivity contribution is 6.30. The van der Waals surface area contributed by atoms with Crippen LogP contribution in [0.15, 0.2) is 49.2 Å². The van der Waals surface area contributed by atoms with Gasteiger partial charge in [0.2, 0.25) is 5.91 Å². The number of hydrogen-bond acceptors (Lipinski definition) is 10. The Kier molecular flexibility index (Phi) is 6.26. The van der Waals surface area contributed by atoms with Gasteiger partial charge in [0, 0.05) is 31.2 Å². The molecule has 1 aliphatic rings. The van der Waals surface area contributed by atoms with Crippen LogP contribution in [0.5, 0.6) is 0 Å². The maximum absolute atomic E-state index is 12.2. The summed E-state index contributed by atoms with van der Waals surface area (Å²) in [6, 6.07) is 6.28. The summed E-state index contributed by atoms with van der Waals surface area (Å²) >= 11 is 6.13. The number of pyridine rings is 2. The van der Waals surface area contributed by atoms with Crippen LogP contribution >= 0.6 is 11.6 Å². The van der Waals surface area contributed by atoms with Crippen LogP contribution in [-0.4, -0.2) is 70.9 Å². The molecule has 1 amide bonds. The molecule has 0 bridgehead atoms. The zero-order valence-electron chi connectivity index (χ0n) is 18.5. The van der Waals surface area contributed by atoms with Crippen LogP contribution in [0, 0.1) is 0 Å². The Balaban J connectivity index is 1.58. The number of imidazole rings is 1. The smallest absolute Gasteiger partial charge is 0.239 e. The Labute approximate surface area is 204 Å². The number of aromatic nitrogens is 6. The Bertz CT molecular complexity index is 1370. The van der Waals surface area contributed by atoms with Gasteiger partial charge in [0.15, 0.2) is 22.8 Å². The standard InChI is InChI=1S/C22H22ClN9O3/c1-24-22(35)14-16(33)17(34)21(29-14)32-10-28-15-19(27-9-13-4-2-3-5-26-13)30-18(31-20(15)32)11-6-12(23)8-25-7-11/h2-8,10,14,16-17,21,29,33-34H,9H2,1H3,(H,24,35)(H,27,30,31)/t14-,16+,17+,21-/m0/s1. The van der Waals surface area contributed by atoms with E-state index in [4.69, 9.17) is 11.6 Å². The van der Waals surface area contributed by atoms with Crippen molar-refractivity contribution >= 4 is 34.5 Å². The summed E-state index contributed by atoms with van der Waals surface area (Å²) in [5.41, 5.74) is 2.19. The average Bonchev–Trinajstić information content (AvgIpc) is 3.43. The topological polar surface area (TPSA) is 163 Å². The number of likely N-dealkylation sites (N-methyl/N-ethyl adjacent to an activating group) is 1. The fourth-order valence-electron chi connectivity index (χ4n) is 3.98. The molecule has 0 radical (unpaired) electrons. The molecule has 0 saturated carbocycles. The van der Waals surface area contributed by atoms with Gasteiger partial charge in [0.05, 0.1) is 23.6 Å². The van der Waals surface area contributed by atoms with Crippen molar-refractivity contribution in [2.24, 2.45) is 0 Å². The molecule has 0 aromatic carbocycles. The number of aliphatic hydroxyl groups excluding tert-OH is 2. The van der Waals surface area contributed by atoms with E-state index in [0.29, 0.717) is 39.9 Å². The molecule has 5 heterocycles. The first kappa shape index (κ1) is 23.1. The summed E-state index contributed by atoms with van der Waals surface area (Å²) in [4.78, 5) is 34.4. The van der Waals surface area contributed by atoms with Crippen LogP contribution in [0.2, 0.25) is 5.02 Å². The van der Waals surface area contributed by atoms with E-state index in [1.165, 1.54) is 19.6 Å². The van der Waals surface area contributed by atoms with Gasteiger partial charge in [0.25, 0.3) is 0 Å². The van der Waals surface area contributed by atoms with Gasteiger partial charge in [-0.3, -0.25) is 24.6 Å². The third kappa shape index (κ3) is 4.39. The number of rotatable bonds is 6. The van der Waals surface area contributed by atoms with Crippen molar-refractivity contribution in [3.8, 4) is 11.4 Å². The van der Waals surface area contributed by atoms with Crippen LogP contribution in [0.4, 0.5) is 5.82 Å². The summed E-state index contributed by atoms with van der Waals surface area (Å²) in [5, 5.41) is 30.3. The molecule has 4 aromatic rings. The van der Waals surface area contributed by atoms with Gasteiger partial charge < -0.3 is 20.8 Å². The van der Waals surface area contributed by atoms with Crippen molar-refractivity contribution in [1.82, 2.24) is 40.1 Å². The molecular weight excluding hydrogens is 474 g/mol. The zero-order chi connectivity index (χ0) is 24.5. The monoisotopic (exact) mass is 495 g/mol. The zero-order valence-corrected chi connectivity index (χ0v) is 19.3. The molecule has 12 nitrogen and oxygen atoms in total. The van der Waals surface area contributed by atoms with E-state index >= 15 is 0 Å². The lowest BCUT2D eigenvalue weighted by molar-refractivity contribution is -0.125. The number of halogens is 1. The van der Waals surface area contributed by atoms with Crippen molar-refractivity contribution < 1.29 is 15.0 Å². The number of aliphatic hydroxyl groups is 2. The SMILES string of the molecule is CNC(=O)[C@H]1N[C@@H](n2cnc3c(NCc4ccccn4)nc(-c4cncc(Cl)c4)nc32)[C@H](O)[C@@H]1O. The molecule has 1 saturated heterocycles. The Morgan fingerprint density at radius 2 is 2.06 bits per heavy atom. The van der Waals surface area contributed by atoms with Crippen LogP contribution < -0.4 is 16.0 Å². The van der Waals surface area contributed by atoms with Gasteiger partial charge >= 0.3 is 0 Å². The highest BCUT2D eigenvalue weighted by Crippen LogP contribution is 2.30. The normalized spacial score (nSPS) is 21.8. The molecule has 1 fully saturated rings. The summed E-state index contributed by atoms with van der Waals surface area (Å²) in [7, 11) is 1.46. The second-order valence-corrected chi connectivity index (χ2v) is 8.41. The van der Waals surface area contributed by atoms with E-state index < -0.39 is 30.3 Å². The molecule has 180 valence electrons. The van der Waals surface area contributed by atoms with E-state index in [1.54, 1.807) is 23.0 Å². The fourth-order valence-corrected chi connectivity index (χ4v) is 4.15. The number of anilines is 1. The van der Waals surface area contributed by atoms with Crippen LogP contribution in [0.3, 0.4) is 0 Å². The molecule has 1 aliphatic heterocycles. The minimum atomic E-state index is -1.32. The van der Waals surface area contributed by atoms with Gasteiger partial charge in [-0.25, -0.2) is 15.0 Å². The van der Waals surface area contributed by atoms with E-state index in [1.807, 2.05) is 18.2 Å². The Morgan fingerprint density at radius 1 is 1.20 bits per heavy atom. The second-order valence-electron chi connectivity index (χ2n) is 7.97. The summed E-state index contributed by atoms with van der Waals surface area (Å²) < 4.78 is 1.57. The van der Waals surface area contributed by atoms with Crippen LogP contribution in [-0.2, 0) is 11.3 Å². The molecule has 0 spiro atoms. The van der Waals surface area contributed by atoms with Crippen molar-refractivity contribution in [1.29, 1.82) is 0 Å². The molecular formula is C22H22ClN9O3. The number of amides is 1. The summed E-state index contributed by atoms with van der Waals surface area (Å²) in [5.74, 6) is 0.320. The van der Waals surface area contributed by atoms with Gasteiger partial charge in [0.1, 0.15) is 24.4 Å². The van der Waals surface area contributed by atoms with E-state index in [-0.39, 0.29) is 0 Å². The van der Waals surface area contributed by atoms with Gasteiger partial charge in [-0.1, -0.05) is 17.7 Å². The Morgan fingerprint density at radius 3 is 2.80 bits per heavy atom. The highest BCUT2D eigenvalue weighted by atomic mass is 35.5. The molecule has 4 aromatic heterocycles. The lowest BCUT2D eigenvalue weighted by Gasteiger charge is -2.18. The highest BCUT2D eigenvalue weighted by Gasteiger charge is 2.45. The lowest BCUT2D eigenvalue weighted by atomic mass is 10.1. The number of nitrogens with one attached hydrogen (secondary N) is 3. The molecule has 35 heavy (non-hydrogen) atoms. The van der Waals surface area contributed by atoms with Crippen molar-refractivity contribution in [2.45, 2.75) is 31.0 Å². The molecule has 13 heteroatoms. The predicted octanol–water partition coefficient (Wildman–Crippen LogP) is 0.487. The second kappa shape index (κ2) is 9.50. The molecule has 5 rings (SSSR count). The maximum atomic E-state index is 12.2. The first-order valence-corrected chi connectivity index (χ1v) is 11.2. The molecule has 0 unspecified atom stereocenters. The van der Waals surface area contributed by atoms with Crippen LogP contribution in [0.1, 0.15) is 11.9 Å². The minimum absolute atomic E-state index is 0.327. The predicted molar refractivity (Wildman–Crippen MR) is 127 cm³/mol.